The Bertz CT molecular complexity index is 304. The highest BCUT2D eigenvalue weighted by atomic mass is 15.0. The fourth-order valence-corrected chi connectivity index (χ4v) is 2.03. The van der Waals surface area contributed by atoms with Gasteiger partial charge in [0.2, 0.25) is 0 Å². The largest absolute Gasteiger partial charge is 0.337 e. The molecule has 0 bridgehead atoms. The second kappa shape index (κ2) is 7.49. The molecule has 0 amide bonds. The smallest absolute Gasteiger partial charge is 0.0950 e. The predicted molar refractivity (Wildman–Crippen MR) is 72.8 cm³/mol. The van der Waals surface area contributed by atoms with E-state index in [1.54, 1.807) is 0 Å². The summed E-state index contributed by atoms with van der Waals surface area (Å²) < 4.78 is 2.21. The number of imidazole rings is 1. The molecule has 1 N–H and O–H groups in total. The van der Waals surface area contributed by atoms with Gasteiger partial charge in [0.1, 0.15) is 0 Å². The third kappa shape index (κ3) is 5.87. The van der Waals surface area contributed by atoms with Gasteiger partial charge in [0, 0.05) is 19.3 Å². The van der Waals surface area contributed by atoms with Crippen molar-refractivity contribution >= 4 is 0 Å². The molecule has 0 radical (unpaired) electrons. The van der Waals surface area contributed by atoms with Crippen molar-refractivity contribution < 1.29 is 0 Å². The van der Waals surface area contributed by atoms with Crippen LogP contribution in [0, 0.1) is 11.8 Å². The van der Waals surface area contributed by atoms with Gasteiger partial charge in [-0.3, -0.25) is 0 Å². The average Bonchev–Trinajstić information content (AvgIpc) is 2.65. The zero-order chi connectivity index (χ0) is 12.7. The molecule has 0 fully saturated rings. The average molecular weight is 237 g/mol. The van der Waals surface area contributed by atoms with Crippen molar-refractivity contribution in [3.8, 4) is 0 Å². The number of rotatable bonds is 8. The van der Waals surface area contributed by atoms with Crippen LogP contribution < -0.4 is 5.32 Å². The van der Waals surface area contributed by atoms with Gasteiger partial charge >= 0.3 is 0 Å². The van der Waals surface area contributed by atoms with E-state index in [2.05, 4.69) is 48.8 Å². The van der Waals surface area contributed by atoms with E-state index in [1.165, 1.54) is 12.8 Å². The van der Waals surface area contributed by atoms with Crippen LogP contribution in [-0.2, 0) is 13.1 Å². The minimum absolute atomic E-state index is 0.696. The maximum absolute atomic E-state index is 4.43. The summed E-state index contributed by atoms with van der Waals surface area (Å²) in [7, 11) is 0. The van der Waals surface area contributed by atoms with Crippen molar-refractivity contribution in [3.63, 3.8) is 0 Å². The molecule has 3 heteroatoms. The minimum Gasteiger partial charge on any atom is -0.337 e. The Morgan fingerprint density at radius 3 is 2.76 bits per heavy atom. The summed E-state index contributed by atoms with van der Waals surface area (Å²) in [4.78, 5) is 4.43. The maximum atomic E-state index is 4.43. The van der Waals surface area contributed by atoms with Gasteiger partial charge in [0.05, 0.1) is 12.0 Å². The van der Waals surface area contributed by atoms with E-state index >= 15 is 0 Å². The molecule has 1 heterocycles. The maximum Gasteiger partial charge on any atom is 0.0950 e. The fraction of sp³-hybridized carbons (Fsp3) is 0.786. The molecule has 1 rings (SSSR count). The van der Waals surface area contributed by atoms with Gasteiger partial charge in [-0.1, -0.05) is 34.1 Å². The normalized spacial score (nSPS) is 13.2. The molecular weight excluding hydrogens is 210 g/mol. The molecule has 0 aromatic carbocycles. The third-order valence-electron chi connectivity index (χ3n) is 2.85. The number of nitrogens with one attached hydrogen (secondary N) is 1. The lowest BCUT2D eigenvalue weighted by molar-refractivity contribution is 0.445. The first-order chi connectivity index (χ1) is 8.11. The van der Waals surface area contributed by atoms with E-state index in [4.69, 9.17) is 0 Å². The number of hydrogen-bond acceptors (Lipinski definition) is 2. The summed E-state index contributed by atoms with van der Waals surface area (Å²) in [6.45, 7) is 12.0. The zero-order valence-corrected chi connectivity index (χ0v) is 11.7. The van der Waals surface area contributed by atoms with Crippen LogP contribution in [0.1, 0.15) is 46.2 Å². The quantitative estimate of drug-likeness (QED) is 0.753. The Labute approximate surface area is 106 Å². The molecule has 0 aliphatic rings. The summed E-state index contributed by atoms with van der Waals surface area (Å²) in [6.07, 6.45) is 6.68. The van der Waals surface area contributed by atoms with Crippen LogP contribution in [0.5, 0.6) is 0 Å². The SMILES string of the molecule is CCCC(C)Cn1cnc(CNCC(C)C)c1. The summed E-state index contributed by atoms with van der Waals surface area (Å²) in [5.41, 5.74) is 1.15. The van der Waals surface area contributed by atoms with E-state index in [9.17, 15) is 0 Å². The second-order valence-corrected chi connectivity index (χ2v) is 5.48. The van der Waals surface area contributed by atoms with Crippen molar-refractivity contribution in [2.24, 2.45) is 11.8 Å². The van der Waals surface area contributed by atoms with Gasteiger partial charge in [0.15, 0.2) is 0 Å². The molecule has 0 saturated heterocycles. The molecule has 0 spiro atoms. The van der Waals surface area contributed by atoms with E-state index < -0.39 is 0 Å². The second-order valence-electron chi connectivity index (χ2n) is 5.48. The highest BCUT2D eigenvalue weighted by molar-refractivity contribution is 4.96. The number of nitrogens with zero attached hydrogens (tertiary/aromatic N) is 2. The lowest BCUT2D eigenvalue weighted by atomic mass is 10.1. The van der Waals surface area contributed by atoms with Crippen LogP contribution in [0.2, 0.25) is 0 Å². The monoisotopic (exact) mass is 237 g/mol. The first-order valence-corrected chi connectivity index (χ1v) is 6.83. The Hall–Kier alpha value is -0.830. The van der Waals surface area contributed by atoms with E-state index in [1.807, 2.05) is 6.33 Å². The molecule has 3 nitrogen and oxygen atoms in total. The molecular formula is C14H27N3. The Balaban J connectivity index is 2.32. The Morgan fingerprint density at radius 2 is 2.12 bits per heavy atom. The Morgan fingerprint density at radius 1 is 1.35 bits per heavy atom. The van der Waals surface area contributed by atoms with Crippen LogP contribution >= 0.6 is 0 Å². The van der Waals surface area contributed by atoms with Crippen molar-refractivity contribution in [1.82, 2.24) is 14.9 Å². The molecule has 1 aromatic rings. The van der Waals surface area contributed by atoms with E-state index in [0.29, 0.717) is 5.92 Å². The lowest BCUT2D eigenvalue weighted by Gasteiger charge is -2.10. The van der Waals surface area contributed by atoms with Gasteiger partial charge in [0.25, 0.3) is 0 Å². The molecule has 0 aliphatic carbocycles. The predicted octanol–water partition coefficient (Wildman–Crippen LogP) is 3.06. The fourth-order valence-electron chi connectivity index (χ4n) is 2.03. The molecule has 17 heavy (non-hydrogen) atoms. The highest BCUT2D eigenvalue weighted by Crippen LogP contribution is 2.08. The molecule has 1 atom stereocenters. The van der Waals surface area contributed by atoms with Gasteiger partial charge in [-0.2, -0.15) is 0 Å². The van der Waals surface area contributed by atoms with Gasteiger partial charge in [-0.25, -0.2) is 4.98 Å². The third-order valence-corrected chi connectivity index (χ3v) is 2.85. The van der Waals surface area contributed by atoms with Gasteiger partial charge in [-0.15, -0.1) is 0 Å². The first-order valence-electron chi connectivity index (χ1n) is 6.83. The van der Waals surface area contributed by atoms with Gasteiger partial charge in [-0.05, 0) is 24.8 Å². The zero-order valence-electron chi connectivity index (χ0n) is 11.7. The minimum atomic E-state index is 0.696. The highest BCUT2D eigenvalue weighted by Gasteiger charge is 2.04. The Kier molecular flexibility index (Phi) is 6.27. The molecule has 1 unspecified atom stereocenters. The van der Waals surface area contributed by atoms with Gasteiger partial charge < -0.3 is 9.88 Å². The summed E-state index contributed by atoms with van der Waals surface area (Å²) in [5.74, 6) is 1.44. The van der Waals surface area contributed by atoms with Crippen LogP contribution in [0.4, 0.5) is 0 Å². The van der Waals surface area contributed by atoms with E-state index in [-0.39, 0.29) is 0 Å². The number of hydrogen-bond donors (Lipinski definition) is 1. The van der Waals surface area contributed by atoms with Crippen molar-refractivity contribution in [3.05, 3.63) is 18.2 Å². The summed E-state index contributed by atoms with van der Waals surface area (Å²) in [6, 6.07) is 0. The molecule has 0 saturated carbocycles. The standard InChI is InChI=1S/C14H27N3/c1-5-6-13(4)9-17-10-14(16-11-17)8-15-7-12(2)3/h10-13,15H,5-9H2,1-4H3. The van der Waals surface area contributed by atoms with Crippen LogP contribution in [0.25, 0.3) is 0 Å². The molecule has 0 aliphatic heterocycles. The number of aromatic nitrogens is 2. The van der Waals surface area contributed by atoms with Crippen molar-refractivity contribution in [2.75, 3.05) is 6.54 Å². The van der Waals surface area contributed by atoms with Crippen LogP contribution in [0.15, 0.2) is 12.5 Å². The van der Waals surface area contributed by atoms with Crippen molar-refractivity contribution in [2.45, 2.75) is 53.6 Å². The lowest BCUT2D eigenvalue weighted by Crippen LogP contribution is -2.19. The van der Waals surface area contributed by atoms with Crippen LogP contribution in [0.3, 0.4) is 0 Å². The van der Waals surface area contributed by atoms with E-state index in [0.717, 1.165) is 31.2 Å². The topological polar surface area (TPSA) is 29.9 Å². The summed E-state index contributed by atoms with van der Waals surface area (Å²) >= 11 is 0. The van der Waals surface area contributed by atoms with Crippen LogP contribution in [-0.4, -0.2) is 16.1 Å². The molecule has 1 aromatic heterocycles. The summed E-state index contributed by atoms with van der Waals surface area (Å²) in [5, 5.41) is 3.42. The molecule has 98 valence electrons. The van der Waals surface area contributed by atoms with Crippen molar-refractivity contribution in [1.29, 1.82) is 0 Å². The first kappa shape index (κ1) is 14.2.